The summed E-state index contributed by atoms with van der Waals surface area (Å²) in [5.74, 6) is 0. The largest absolute Gasteiger partial charge is 0.388 e. The Balaban J connectivity index is 2.54. The van der Waals surface area contributed by atoms with Crippen LogP contribution in [0, 0.1) is 11.3 Å². The number of nitriles is 1. The molecule has 0 aliphatic carbocycles. The molecule has 0 spiro atoms. The van der Waals surface area contributed by atoms with Gasteiger partial charge in [0.2, 0.25) is 0 Å². The van der Waals surface area contributed by atoms with E-state index in [-0.39, 0.29) is 0 Å². The second-order valence-corrected chi connectivity index (χ2v) is 3.65. The van der Waals surface area contributed by atoms with Gasteiger partial charge in [0.15, 0.2) is 10.8 Å². The van der Waals surface area contributed by atoms with E-state index in [2.05, 4.69) is 17.2 Å². The number of hydrogen-bond donors (Lipinski definition) is 2. The van der Waals surface area contributed by atoms with Gasteiger partial charge in [-0.1, -0.05) is 24.7 Å². The van der Waals surface area contributed by atoms with Crippen molar-refractivity contribution in [3.8, 4) is 6.07 Å². The van der Waals surface area contributed by atoms with Crippen LogP contribution in [0.2, 0.25) is 0 Å². The first-order valence-corrected chi connectivity index (χ1v) is 4.99. The molecule has 0 saturated carbocycles. The van der Waals surface area contributed by atoms with Crippen LogP contribution in [0.15, 0.2) is 0 Å². The SMILES string of the molecule is CCCCNc1nc(C#N)c(N)s1. The van der Waals surface area contributed by atoms with Gasteiger partial charge in [-0.25, -0.2) is 4.98 Å². The first-order valence-electron chi connectivity index (χ1n) is 4.18. The maximum absolute atomic E-state index is 8.59. The number of anilines is 2. The van der Waals surface area contributed by atoms with Crippen LogP contribution in [0.1, 0.15) is 25.5 Å². The Bertz CT molecular complexity index is 312. The van der Waals surface area contributed by atoms with Crippen molar-refractivity contribution in [1.82, 2.24) is 4.98 Å². The molecular weight excluding hydrogens is 184 g/mol. The highest BCUT2D eigenvalue weighted by molar-refractivity contribution is 7.19. The lowest BCUT2D eigenvalue weighted by molar-refractivity contribution is 0.833. The van der Waals surface area contributed by atoms with Crippen LogP contribution >= 0.6 is 11.3 Å². The predicted molar refractivity (Wildman–Crippen MR) is 54.6 cm³/mol. The molecule has 0 bridgehead atoms. The molecule has 5 heteroatoms. The monoisotopic (exact) mass is 196 g/mol. The van der Waals surface area contributed by atoms with Crippen LogP contribution in [-0.4, -0.2) is 11.5 Å². The molecule has 13 heavy (non-hydrogen) atoms. The summed E-state index contributed by atoms with van der Waals surface area (Å²) >= 11 is 1.32. The predicted octanol–water partition coefficient (Wildman–Crippen LogP) is 1.81. The number of nitrogens with two attached hydrogens (primary N) is 1. The van der Waals surface area contributed by atoms with Gasteiger partial charge in [-0.05, 0) is 6.42 Å². The van der Waals surface area contributed by atoms with Crippen molar-refractivity contribution < 1.29 is 0 Å². The summed E-state index contributed by atoms with van der Waals surface area (Å²) in [5.41, 5.74) is 5.87. The lowest BCUT2D eigenvalue weighted by atomic mass is 10.3. The Morgan fingerprint density at radius 2 is 2.46 bits per heavy atom. The summed E-state index contributed by atoms with van der Waals surface area (Å²) < 4.78 is 0. The number of nitrogens with one attached hydrogen (secondary N) is 1. The maximum Gasteiger partial charge on any atom is 0.185 e. The smallest absolute Gasteiger partial charge is 0.185 e. The normalized spacial score (nSPS) is 9.54. The fourth-order valence-electron chi connectivity index (χ4n) is 0.860. The van der Waals surface area contributed by atoms with E-state index in [0.29, 0.717) is 10.7 Å². The number of hydrogen-bond acceptors (Lipinski definition) is 5. The zero-order chi connectivity index (χ0) is 9.68. The molecular formula is C8H12N4S. The summed E-state index contributed by atoms with van der Waals surface area (Å²) in [5, 5.41) is 12.9. The van der Waals surface area contributed by atoms with Crippen LogP contribution in [0.3, 0.4) is 0 Å². The van der Waals surface area contributed by atoms with E-state index in [4.69, 9.17) is 11.0 Å². The molecule has 0 fully saturated rings. The second kappa shape index (κ2) is 4.67. The lowest BCUT2D eigenvalue weighted by Gasteiger charge is -1.98. The number of nitrogens with zero attached hydrogens (tertiary/aromatic N) is 2. The molecule has 1 aromatic heterocycles. The van der Waals surface area contributed by atoms with Gasteiger partial charge in [0, 0.05) is 6.54 Å². The third-order valence-corrected chi connectivity index (χ3v) is 2.41. The highest BCUT2D eigenvalue weighted by Crippen LogP contribution is 2.24. The summed E-state index contributed by atoms with van der Waals surface area (Å²) in [6.45, 7) is 3.01. The van der Waals surface area contributed by atoms with Crippen molar-refractivity contribution in [1.29, 1.82) is 5.26 Å². The van der Waals surface area contributed by atoms with Crippen molar-refractivity contribution in [3.05, 3.63) is 5.69 Å². The fourth-order valence-corrected chi connectivity index (χ4v) is 1.57. The third kappa shape index (κ3) is 2.60. The van der Waals surface area contributed by atoms with Crippen molar-refractivity contribution in [2.75, 3.05) is 17.6 Å². The van der Waals surface area contributed by atoms with Gasteiger partial charge >= 0.3 is 0 Å². The van der Waals surface area contributed by atoms with E-state index >= 15 is 0 Å². The second-order valence-electron chi connectivity index (χ2n) is 2.62. The molecule has 0 saturated heterocycles. The molecule has 3 N–H and O–H groups in total. The number of thiazole rings is 1. The van der Waals surface area contributed by atoms with Crippen molar-refractivity contribution in [2.24, 2.45) is 0 Å². The molecule has 1 rings (SSSR count). The average molecular weight is 196 g/mol. The Kier molecular flexibility index (Phi) is 3.53. The van der Waals surface area contributed by atoms with Crippen LogP contribution < -0.4 is 11.1 Å². The first-order chi connectivity index (χ1) is 6.27. The molecule has 0 unspecified atom stereocenters. The van der Waals surface area contributed by atoms with E-state index in [1.165, 1.54) is 11.3 Å². The van der Waals surface area contributed by atoms with Crippen LogP contribution in [-0.2, 0) is 0 Å². The van der Waals surface area contributed by atoms with Crippen molar-refractivity contribution in [2.45, 2.75) is 19.8 Å². The van der Waals surface area contributed by atoms with Gasteiger partial charge < -0.3 is 11.1 Å². The van der Waals surface area contributed by atoms with E-state index in [1.807, 2.05) is 6.07 Å². The molecule has 1 aromatic rings. The van der Waals surface area contributed by atoms with E-state index < -0.39 is 0 Å². The molecule has 0 amide bonds. The minimum Gasteiger partial charge on any atom is -0.388 e. The van der Waals surface area contributed by atoms with Crippen LogP contribution in [0.4, 0.5) is 10.1 Å². The molecule has 0 aromatic carbocycles. The lowest BCUT2D eigenvalue weighted by Crippen LogP contribution is -1.99. The summed E-state index contributed by atoms with van der Waals surface area (Å²) in [7, 11) is 0. The molecule has 70 valence electrons. The van der Waals surface area contributed by atoms with Crippen LogP contribution in [0.5, 0.6) is 0 Å². The van der Waals surface area contributed by atoms with E-state index in [0.717, 1.165) is 24.5 Å². The highest BCUT2D eigenvalue weighted by Gasteiger charge is 2.05. The number of unbranched alkanes of at least 4 members (excludes halogenated alkanes) is 1. The minimum atomic E-state index is 0.323. The molecule has 0 atom stereocenters. The van der Waals surface area contributed by atoms with Crippen molar-refractivity contribution >= 4 is 21.5 Å². The Morgan fingerprint density at radius 1 is 1.69 bits per heavy atom. The van der Waals surface area contributed by atoms with Gasteiger partial charge in [-0.15, -0.1) is 0 Å². The van der Waals surface area contributed by atoms with Gasteiger partial charge in [-0.2, -0.15) is 5.26 Å². The summed E-state index contributed by atoms with van der Waals surface area (Å²) in [6, 6.07) is 1.94. The number of rotatable bonds is 4. The van der Waals surface area contributed by atoms with Gasteiger partial charge in [-0.3, -0.25) is 0 Å². The van der Waals surface area contributed by atoms with Gasteiger partial charge in [0.25, 0.3) is 0 Å². The van der Waals surface area contributed by atoms with Crippen LogP contribution in [0.25, 0.3) is 0 Å². The highest BCUT2D eigenvalue weighted by atomic mass is 32.1. The Morgan fingerprint density at radius 3 is 3.00 bits per heavy atom. The number of aromatic nitrogens is 1. The summed E-state index contributed by atoms with van der Waals surface area (Å²) in [4.78, 5) is 4.02. The summed E-state index contributed by atoms with van der Waals surface area (Å²) in [6.07, 6.45) is 2.24. The zero-order valence-corrected chi connectivity index (χ0v) is 8.32. The first kappa shape index (κ1) is 9.81. The maximum atomic E-state index is 8.59. The minimum absolute atomic E-state index is 0.323. The average Bonchev–Trinajstić information content (AvgIpc) is 2.47. The molecule has 0 aliphatic rings. The zero-order valence-electron chi connectivity index (χ0n) is 7.50. The topological polar surface area (TPSA) is 74.7 Å². The quantitative estimate of drug-likeness (QED) is 0.720. The van der Waals surface area contributed by atoms with Crippen molar-refractivity contribution in [3.63, 3.8) is 0 Å². The van der Waals surface area contributed by atoms with E-state index in [1.54, 1.807) is 0 Å². The van der Waals surface area contributed by atoms with Gasteiger partial charge in [0.05, 0.1) is 0 Å². The number of nitrogen functional groups attached to an aromatic ring is 1. The third-order valence-electron chi connectivity index (χ3n) is 1.57. The van der Waals surface area contributed by atoms with Gasteiger partial charge in [0.1, 0.15) is 11.1 Å². The molecule has 0 aliphatic heterocycles. The molecule has 4 nitrogen and oxygen atoms in total. The molecule has 1 heterocycles. The Hall–Kier alpha value is -1.28. The standard InChI is InChI=1S/C8H12N4S/c1-2-3-4-11-8-12-6(5-9)7(10)13-8/h2-4,10H2,1H3,(H,11,12). The Labute approximate surface area is 81.4 Å². The fraction of sp³-hybridized carbons (Fsp3) is 0.500. The van der Waals surface area contributed by atoms with E-state index in [9.17, 15) is 0 Å². The molecule has 0 radical (unpaired) electrons.